The Morgan fingerprint density at radius 3 is 2.68 bits per heavy atom. The molecule has 0 saturated carbocycles. The molecule has 0 spiro atoms. The number of anilines is 1. The summed E-state index contributed by atoms with van der Waals surface area (Å²) in [6.07, 6.45) is 5.87. The summed E-state index contributed by atoms with van der Waals surface area (Å²) in [7, 11) is 0. The quantitative estimate of drug-likeness (QED) is 0.608. The Labute approximate surface area is 145 Å². The van der Waals surface area contributed by atoms with Crippen LogP contribution in [-0.2, 0) is 6.42 Å². The summed E-state index contributed by atoms with van der Waals surface area (Å²) < 4.78 is 3.57. The van der Waals surface area contributed by atoms with Crippen molar-refractivity contribution in [1.29, 1.82) is 0 Å². The summed E-state index contributed by atoms with van der Waals surface area (Å²) in [6, 6.07) is 12.4. The molecule has 1 atom stereocenters. The van der Waals surface area contributed by atoms with Crippen LogP contribution in [0.15, 0.2) is 55.2 Å². The van der Waals surface area contributed by atoms with Gasteiger partial charge in [-0.25, -0.2) is 14.6 Å². The molecular formula is C18H19N7. The summed E-state index contributed by atoms with van der Waals surface area (Å²) in [6.45, 7) is 4.23. The minimum Gasteiger partial charge on any atom is -0.363 e. The second-order valence-electron chi connectivity index (χ2n) is 5.89. The zero-order valence-electron chi connectivity index (χ0n) is 14.2. The van der Waals surface area contributed by atoms with Crippen LogP contribution in [0.25, 0.3) is 11.3 Å². The Kier molecular flexibility index (Phi) is 3.89. The van der Waals surface area contributed by atoms with Gasteiger partial charge in [-0.1, -0.05) is 19.1 Å². The molecule has 0 saturated heterocycles. The molecule has 7 heteroatoms. The maximum atomic E-state index is 4.58. The first-order valence-electron chi connectivity index (χ1n) is 8.30. The highest BCUT2D eigenvalue weighted by Gasteiger charge is 2.11. The van der Waals surface area contributed by atoms with E-state index >= 15 is 0 Å². The van der Waals surface area contributed by atoms with Gasteiger partial charge >= 0.3 is 0 Å². The topological polar surface area (TPSA) is 72.9 Å². The molecule has 1 aromatic carbocycles. The number of benzene rings is 1. The number of hydrogen-bond donors (Lipinski definition) is 1. The third kappa shape index (κ3) is 2.96. The Balaban J connectivity index is 1.59. The van der Waals surface area contributed by atoms with Crippen molar-refractivity contribution in [1.82, 2.24) is 29.4 Å². The highest BCUT2D eigenvalue weighted by Crippen LogP contribution is 2.21. The highest BCUT2D eigenvalue weighted by atomic mass is 15.3. The molecule has 0 radical (unpaired) electrons. The summed E-state index contributed by atoms with van der Waals surface area (Å²) in [5.41, 5.74) is 4.07. The first-order chi connectivity index (χ1) is 12.2. The van der Waals surface area contributed by atoms with Crippen LogP contribution >= 0.6 is 0 Å². The molecule has 0 bridgehead atoms. The van der Waals surface area contributed by atoms with E-state index < -0.39 is 0 Å². The molecule has 0 aliphatic heterocycles. The van der Waals surface area contributed by atoms with Crippen LogP contribution in [0.2, 0.25) is 0 Å². The molecule has 4 rings (SSSR count). The summed E-state index contributed by atoms with van der Waals surface area (Å²) in [4.78, 5) is 8.56. The van der Waals surface area contributed by atoms with E-state index in [1.807, 2.05) is 22.7 Å². The zero-order valence-corrected chi connectivity index (χ0v) is 14.2. The molecule has 0 aliphatic carbocycles. The van der Waals surface area contributed by atoms with Gasteiger partial charge in [-0.2, -0.15) is 14.7 Å². The van der Waals surface area contributed by atoms with Crippen molar-refractivity contribution < 1.29 is 0 Å². The minimum atomic E-state index is 0.129. The lowest BCUT2D eigenvalue weighted by molar-refractivity contribution is 0.830. The number of aryl methyl sites for hydroxylation is 1. The zero-order chi connectivity index (χ0) is 17.2. The average molecular weight is 333 g/mol. The normalized spacial score (nSPS) is 12.4. The second kappa shape index (κ2) is 6.35. The number of hydrogen-bond acceptors (Lipinski definition) is 5. The van der Waals surface area contributed by atoms with E-state index in [9.17, 15) is 0 Å². The smallest absolute Gasteiger partial charge is 0.157 e. The van der Waals surface area contributed by atoms with E-state index in [2.05, 4.69) is 57.5 Å². The lowest BCUT2D eigenvalue weighted by atomic mass is 10.1. The maximum Gasteiger partial charge on any atom is 0.157 e. The average Bonchev–Trinajstić information content (AvgIpc) is 3.33. The van der Waals surface area contributed by atoms with Crippen LogP contribution < -0.4 is 5.32 Å². The third-order valence-corrected chi connectivity index (χ3v) is 4.22. The van der Waals surface area contributed by atoms with E-state index in [0.717, 1.165) is 29.3 Å². The van der Waals surface area contributed by atoms with Crippen LogP contribution in [0.4, 0.5) is 5.82 Å². The number of nitrogens with one attached hydrogen (secondary N) is 1. The fraction of sp³-hybridized carbons (Fsp3) is 0.222. The third-order valence-electron chi connectivity index (χ3n) is 4.22. The van der Waals surface area contributed by atoms with Gasteiger partial charge in [0.05, 0.1) is 11.9 Å². The molecule has 7 nitrogen and oxygen atoms in total. The van der Waals surface area contributed by atoms with Gasteiger partial charge in [0.2, 0.25) is 0 Å². The number of aromatic nitrogens is 6. The standard InChI is InChI=1S/C18H19N7/c1-3-15-10-18(25-17(23-15)8-9-20-25)22-13(2)14-4-6-16(7-5-14)24-12-19-11-21-24/h4-13,22H,3H2,1-2H3. The van der Waals surface area contributed by atoms with Gasteiger partial charge < -0.3 is 5.32 Å². The van der Waals surface area contributed by atoms with Gasteiger partial charge in [-0.15, -0.1) is 0 Å². The number of nitrogens with zero attached hydrogens (tertiary/aromatic N) is 6. The monoisotopic (exact) mass is 333 g/mol. The van der Waals surface area contributed by atoms with Crippen molar-refractivity contribution in [2.45, 2.75) is 26.3 Å². The summed E-state index contributed by atoms with van der Waals surface area (Å²) in [5, 5.41) is 12.1. The van der Waals surface area contributed by atoms with Crippen LogP contribution in [-0.4, -0.2) is 29.4 Å². The van der Waals surface area contributed by atoms with Gasteiger partial charge in [0.1, 0.15) is 18.5 Å². The fourth-order valence-electron chi connectivity index (χ4n) is 2.81. The van der Waals surface area contributed by atoms with E-state index in [-0.39, 0.29) is 6.04 Å². The van der Waals surface area contributed by atoms with Crippen LogP contribution in [0.5, 0.6) is 0 Å². The Morgan fingerprint density at radius 1 is 1.12 bits per heavy atom. The predicted octanol–water partition coefficient (Wildman–Crippen LogP) is 3.05. The molecule has 3 heterocycles. The van der Waals surface area contributed by atoms with Gasteiger partial charge in [-0.05, 0) is 31.0 Å². The highest BCUT2D eigenvalue weighted by molar-refractivity contribution is 5.50. The van der Waals surface area contributed by atoms with Crippen molar-refractivity contribution in [3.63, 3.8) is 0 Å². The van der Waals surface area contributed by atoms with E-state index in [0.29, 0.717) is 0 Å². The molecule has 25 heavy (non-hydrogen) atoms. The molecule has 0 aliphatic rings. The van der Waals surface area contributed by atoms with Crippen LogP contribution in [0, 0.1) is 0 Å². The largest absolute Gasteiger partial charge is 0.363 e. The van der Waals surface area contributed by atoms with E-state index in [1.165, 1.54) is 11.9 Å². The predicted molar refractivity (Wildman–Crippen MR) is 95.8 cm³/mol. The molecule has 1 N–H and O–H groups in total. The summed E-state index contributed by atoms with van der Waals surface area (Å²) >= 11 is 0. The van der Waals surface area contributed by atoms with E-state index in [1.54, 1.807) is 17.2 Å². The van der Waals surface area contributed by atoms with Gasteiger partial charge in [0.25, 0.3) is 0 Å². The lowest BCUT2D eigenvalue weighted by Crippen LogP contribution is -2.11. The van der Waals surface area contributed by atoms with Crippen molar-refractivity contribution in [3.05, 3.63) is 66.5 Å². The second-order valence-corrected chi connectivity index (χ2v) is 5.89. The minimum absolute atomic E-state index is 0.129. The summed E-state index contributed by atoms with van der Waals surface area (Å²) in [5.74, 6) is 0.944. The SMILES string of the molecule is CCc1cc(NC(C)c2ccc(-n3cncn3)cc2)n2nccc2n1. The van der Waals surface area contributed by atoms with Gasteiger partial charge in [0, 0.05) is 23.9 Å². The van der Waals surface area contributed by atoms with Crippen molar-refractivity contribution in [3.8, 4) is 5.69 Å². The lowest BCUT2D eigenvalue weighted by Gasteiger charge is -2.17. The number of rotatable bonds is 5. The van der Waals surface area contributed by atoms with Gasteiger partial charge in [0.15, 0.2) is 5.65 Å². The first-order valence-corrected chi connectivity index (χ1v) is 8.30. The van der Waals surface area contributed by atoms with Crippen LogP contribution in [0.1, 0.15) is 31.1 Å². The molecule has 4 aromatic rings. The Morgan fingerprint density at radius 2 is 1.96 bits per heavy atom. The molecular weight excluding hydrogens is 314 g/mol. The van der Waals surface area contributed by atoms with Gasteiger partial charge in [-0.3, -0.25) is 0 Å². The van der Waals surface area contributed by atoms with Crippen molar-refractivity contribution >= 4 is 11.5 Å². The van der Waals surface area contributed by atoms with Crippen LogP contribution in [0.3, 0.4) is 0 Å². The van der Waals surface area contributed by atoms with E-state index in [4.69, 9.17) is 0 Å². The maximum absolute atomic E-state index is 4.58. The Bertz CT molecular complexity index is 971. The molecule has 126 valence electrons. The fourth-order valence-corrected chi connectivity index (χ4v) is 2.81. The molecule has 3 aromatic heterocycles. The Hall–Kier alpha value is -3.22. The molecule has 1 unspecified atom stereocenters. The number of fused-ring (bicyclic) bond motifs is 1. The van der Waals surface area contributed by atoms with Crippen molar-refractivity contribution in [2.75, 3.05) is 5.32 Å². The van der Waals surface area contributed by atoms with Crippen molar-refractivity contribution in [2.24, 2.45) is 0 Å². The molecule has 0 fully saturated rings. The first kappa shape index (κ1) is 15.3. The molecule has 0 amide bonds.